The van der Waals surface area contributed by atoms with Crippen LogP contribution in [0.2, 0.25) is 0 Å². The van der Waals surface area contributed by atoms with Crippen LogP contribution in [0.5, 0.6) is 34.5 Å². The van der Waals surface area contributed by atoms with Gasteiger partial charge in [-0.05, 0) is 50.5 Å². The van der Waals surface area contributed by atoms with Gasteiger partial charge in [0.05, 0.1) is 39.6 Å². The molecule has 0 bridgehead atoms. The summed E-state index contributed by atoms with van der Waals surface area (Å²) < 4.78 is 39.8. The summed E-state index contributed by atoms with van der Waals surface area (Å²) in [5, 5.41) is 7.16. The Hall–Kier alpha value is -4.93. The fourth-order valence-corrected chi connectivity index (χ4v) is 9.09. The molecule has 0 aliphatic rings. The molecule has 0 atom stereocenters. The van der Waals surface area contributed by atoms with E-state index in [1.54, 1.807) is 0 Å². The molecular weight excluding hydrogens is 947 g/mol. The summed E-state index contributed by atoms with van der Waals surface area (Å²) >= 11 is 0. The molecule has 1 aromatic heterocycles. The topological polar surface area (TPSA) is 118 Å². The summed E-state index contributed by atoms with van der Waals surface area (Å²) in [4.78, 5) is 15.2. The SMILES string of the molecule is CCCCCCCOc1cc(Nc2nc(Nc3cc(OCCCCCCC)c(OCCCCCCC)c(OCCCCCCC)c3)nc(-c3ccc(CC)cc3)n2)cc(OCCCCCCC)c1OCCCCCCC. The van der Waals surface area contributed by atoms with Crippen LogP contribution in [0, 0.1) is 0 Å². The molecule has 11 nitrogen and oxygen atoms in total. The van der Waals surface area contributed by atoms with Crippen molar-refractivity contribution in [2.75, 3.05) is 50.3 Å². The van der Waals surface area contributed by atoms with Crippen molar-refractivity contribution >= 4 is 23.3 Å². The maximum absolute atomic E-state index is 6.65. The van der Waals surface area contributed by atoms with Gasteiger partial charge in [0.1, 0.15) is 0 Å². The normalized spacial score (nSPS) is 11.2. The van der Waals surface area contributed by atoms with Gasteiger partial charge in [-0.15, -0.1) is 0 Å². The van der Waals surface area contributed by atoms with Gasteiger partial charge >= 0.3 is 0 Å². The van der Waals surface area contributed by atoms with Crippen LogP contribution in [0.3, 0.4) is 0 Å². The second-order valence-electron chi connectivity index (χ2n) is 20.8. The number of nitrogens with one attached hydrogen (secondary N) is 2. The molecule has 426 valence electrons. The number of nitrogens with zero attached hydrogens (tertiary/aromatic N) is 3. The van der Waals surface area contributed by atoms with E-state index in [0.29, 0.717) is 91.9 Å². The van der Waals surface area contributed by atoms with Crippen LogP contribution in [0.25, 0.3) is 11.4 Å². The van der Waals surface area contributed by atoms with Crippen LogP contribution in [-0.4, -0.2) is 54.6 Å². The van der Waals surface area contributed by atoms with Crippen molar-refractivity contribution in [3.8, 4) is 45.9 Å². The zero-order valence-electron chi connectivity index (χ0n) is 49.1. The van der Waals surface area contributed by atoms with Gasteiger partial charge in [0, 0.05) is 41.2 Å². The number of ether oxygens (including phenoxy) is 6. The van der Waals surface area contributed by atoms with Crippen LogP contribution < -0.4 is 39.1 Å². The standard InChI is InChI=1S/C65H105N5O6/c1-8-15-21-27-33-43-71-57-49-55(50-58(72-44-34-28-22-16-9-2)61(57)75-47-37-31-25-19-12-5)66-64-68-63(54-41-39-53(14-7)40-42-54)69-65(70-64)67-56-51-59(73-45-35-29-23-17-10-3)62(76-48-38-32-26-20-13-6)60(52-56)74-46-36-30-24-18-11-4/h39-42,49-52H,8-38,43-48H2,1-7H3,(H2,66,67,68,69,70). The minimum Gasteiger partial charge on any atom is -0.489 e. The van der Waals surface area contributed by atoms with Gasteiger partial charge in [-0.1, -0.05) is 227 Å². The lowest BCUT2D eigenvalue weighted by molar-refractivity contribution is 0.234. The summed E-state index contributed by atoms with van der Waals surface area (Å²) in [6.07, 6.45) is 35.4. The Labute approximate surface area is 462 Å². The molecule has 0 unspecified atom stereocenters. The fraction of sp³-hybridized carbons (Fsp3) is 0.677. The highest BCUT2D eigenvalue weighted by molar-refractivity contribution is 5.70. The predicted molar refractivity (Wildman–Crippen MR) is 320 cm³/mol. The first-order valence-corrected chi connectivity index (χ1v) is 31.0. The predicted octanol–water partition coefficient (Wildman–Crippen LogP) is 19.7. The Morgan fingerprint density at radius 3 is 0.868 bits per heavy atom. The van der Waals surface area contributed by atoms with Crippen LogP contribution in [0.1, 0.15) is 247 Å². The van der Waals surface area contributed by atoms with E-state index in [9.17, 15) is 0 Å². The molecular formula is C65H105N5O6. The molecule has 76 heavy (non-hydrogen) atoms. The molecule has 0 aliphatic heterocycles. The number of benzene rings is 3. The molecule has 4 aromatic rings. The lowest BCUT2D eigenvalue weighted by atomic mass is 10.1. The number of anilines is 4. The van der Waals surface area contributed by atoms with Crippen molar-refractivity contribution in [3.05, 3.63) is 54.1 Å². The molecule has 11 heteroatoms. The Kier molecular flexibility index (Phi) is 34.5. The van der Waals surface area contributed by atoms with Crippen LogP contribution >= 0.6 is 0 Å². The van der Waals surface area contributed by atoms with Gasteiger partial charge < -0.3 is 39.1 Å². The highest BCUT2D eigenvalue weighted by Gasteiger charge is 2.21. The average molecular weight is 1050 g/mol. The number of hydrogen-bond acceptors (Lipinski definition) is 11. The molecule has 0 spiro atoms. The van der Waals surface area contributed by atoms with Crippen molar-refractivity contribution in [2.45, 2.75) is 248 Å². The Balaban J connectivity index is 1.79. The van der Waals surface area contributed by atoms with E-state index in [-0.39, 0.29) is 0 Å². The van der Waals surface area contributed by atoms with Crippen molar-refractivity contribution in [2.24, 2.45) is 0 Å². The largest absolute Gasteiger partial charge is 0.489 e. The second-order valence-corrected chi connectivity index (χ2v) is 20.8. The highest BCUT2D eigenvalue weighted by atomic mass is 16.5. The summed E-state index contributed by atoms with van der Waals surface area (Å²) in [7, 11) is 0. The quantitative estimate of drug-likeness (QED) is 0.0412. The fourth-order valence-electron chi connectivity index (χ4n) is 9.09. The number of hydrogen-bond donors (Lipinski definition) is 2. The molecule has 0 saturated carbocycles. The molecule has 2 N–H and O–H groups in total. The third-order valence-corrected chi connectivity index (χ3v) is 13.8. The summed E-state index contributed by atoms with van der Waals surface area (Å²) in [6, 6.07) is 16.5. The first-order valence-electron chi connectivity index (χ1n) is 31.0. The van der Waals surface area contributed by atoms with Gasteiger partial charge in [-0.25, -0.2) is 0 Å². The van der Waals surface area contributed by atoms with Crippen molar-refractivity contribution in [1.82, 2.24) is 15.0 Å². The molecule has 4 rings (SSSR count). The monoisotopic (exact) mass is 1050 g/mol. The van der Waals surface area contributed by atoms with Crippen LogP contribution in [-0.2, 0) is 6.42 Å². The minimum absolute atomic E-state index is 0.378. The Morgan fingerprint density at radius 1 is 0.316 bits per heavy atom. The van der Waals surface area contributed by atoms with E-state index < -0.39 is 0 Å². The van der Waals surface area contributed by atoms with Gasteiger partial charge in [0.25, 0.3) is 0 Å². The van der Waals surface area contributed by atoms with E-state index in [1.165, 1.54) is 121 Å². The molecule has 3 aromatic carbocycles. The van der Waals surface area contributed by atoms with Gasteiger partial charge in [-0.2, -0.15) is 15.0 Å². The van der Waals surface area contributed by atoms with Crippen molar-refractivity contribution < 1.29 is 28.4 Å². The molecule has 0 amide bonds. The van der Waals surface area contributed by atoms with Crippen LogP contribution in [0.15, 0.2) is 48.5 Å². The number of unbranched alkanes of at least 4 members (excludes halogenated alkanes) is 24. The third-order valence-electron chi connectivity index (χ3n) is 13.8. The maximum Gasteiger partial charge on any atom is 0.232 e. The van der Waals surface area contributed by atoms with E-state index in [1.807, 2.05) is 24.3 Å². The number of aryl methyl sites for hydroxylation is 1. The molecule has 1 heterocycles. The Bertz CT molecular complexity index is 1890. The second kappa shape index (κ2) is 41.2. The zero-order chi connectivity index (χ0) is 54.1. The summed E-state index contributed by atoms with van der Waals surface area (Å²) in [6.45, 7) is 19.2. The smallest absolute Gasteiger partial charge is 0.232 e. The third kappa shape index (κ3) is 25.9. The summed E-state index contributed by atoms with van der Waals surface area (Å²) in [5.74, 6) is 5.28. The zero-order valence-corrected chi connectivity index (χ0v) is 49.1. The first kappa shape index (κ1) is 63.6. The minimum atomic E-state index is 0.378. The number of aromatic nitrogens is 3. The molecule has 0 fully saturated rings. The van der Waals surface area contributed by atoms with E-state index in [4.69, 9.17) is 43.4 Å². The number of rotatable bonds is 48. The van der Waals surface area contributed by atoms with E-state index in [2.05, 4.69) is 83.4 Å². The molecule has 0 aliphatic carbocycles. The van der Waals surface area contributed by atoms with Crippen molar-refractivity contribution in [3.63, 3.8) is 0 Å². The molecule has 0 saturated heterocycles. The van der Waals surface area contributed by atoms with Crippen molar-refractivity contribution in [1.29, 1.82) is 0 Å². The van der Waals surface area contributed by atoms with E-state index in [0.717, 1.165) is 100 Å². The Morgan fingerprint density at radius 2 is 0.592 bits per heavy atom. The van der Waals surface area contributed by atoms with Gasteiger partial charge in [0.15, 0.2) is 28.8 Å². The average Bonchev–Trinajstić information content (AvgIpc) is 3.43. The van der Waals surface area contributed by atoms with Crippen LogP contribution in [0.4, 0.5) is 23.3 Å². The van der Waals surface area contributed by atoms with Gasteiger partial charge in [-0.3, -0.25) is 0 Å². The lowest BCUT2D eigenvalue weighted by Crippen LogP contribution is -2.09. The molecule has 0 radical (unpaired) electrons. The maximum atomic E-state index is 6.65. The highest BCUT2D eigenvalue weighted by Crippen LogP contribution is 2.44. The van der Waals surface area contributed by atoms with E-state index >= 15 is 0 Å². The summed E-state index contributed by atoms with van der Waals surface area (Å²) in [5.41, 5.74) is 3.60. The lowest BCUT2D eigenvalue weighted by Gasteiger charge is -2.20. The first-order chi connectivity index (χ1) is 37.5. The van der Waals surface area contributed by atoms with Gasteiger partial charge in [0.2, 0.25) is 23.4 Å².